The van der Waals surface area contributed by atoms with Gasteiger partial charge in [-0.25, -0.2) is 4.99 Å². The van der Waals surface area contributed by atoms with Crippen LogP contribution in [0.4, 0.5) is 5.69 Å². The average Bonchev–Trinajstić information content (AvgIpc) is 2.79. The second-order valence-electron chi connectivity index (χ2n) is 6.59. The van der Waals surface area contributed by atoms with Crippen LogP contribution in [-0.4, -0.2) is 21.3 Å². The van der Waals surface area contributed by atoms with E-state index in [0.29, 0.717) is 11.5 Å². The van der Waals surface area contributed by atoms with Crippen LogP contribution < -0.4 is 24.6 Å². The highest BCUT2D eigenvalue weighted by Gasteiger charge is 2.12. The van der Waals surface area contributed by atoms with E-state index in [4.69, 9.17) is 18.6 Å². The molecule has 0 amide bonds. The van der Waals surface area contributed by atoms with Gasteiger partial charge in [0.15, 0.2) is 11.5 Å². The van der Waals surface area contributed by atoms with E-state index in [1.807, 2.05) is 66.7 Å². The van der Waals surface area contributed by atoms with Crippen molar-refractivity contribution in [3.63, 3.8) is 0 Å². The Hall–Kier alpha value is -3.25. The Morgan fingerprint density at radius 1 is 0.767 bits per heavy atom. The van der Waals surface area contributed by atoms with Crippen LogP contribution in [0, 0.1) is 0 Å². The van der Waals surface area contributed by atoms with Gasteiger partial charge in [0, 0.05) is 16.1 Å². The van der Waals surface area contributed by atoms with Crippen molar-refractivity contribution in [1.29, 1.82) is 0 Å². The molecule has 0 atom stereocenters. The molecule has 1 N–H and O–H groups in total. The van der Waals surface area contributed by atoms with Crippen LogP contribution in [0.1, 0.15) is 0 Å². The number of rotatable bonds is 5. The normalized spacial score (nSPS) is 11.5. The fraction of sp³-hybridized carbons (Fsp3) is 0.125. The van der Waals surface area contributed by atoms with Crippen LogP contribution in [0.25, 0.3) is 22.3 Å². The molecule has 0 aliphatic heterocycles. The SMILES string of the molecule is COc1ccc(-c2cc(=[NH+]c3ccc(OC)c(OC)c3)c3cc(Br)ccc3o2)cc1. The van der Waals surface area contributed by atoms with Crippen LogP contribution in [-0.2, 0) is 0 Å². The maximum absolute atomic E-state index is 6.19. The lowest BCUT2D eigenvalue weighted by molar-refractivity contribution is -0.401. The molecule has 0 spiro atoms. The topological polar surface area (TPSA) is 54.8 Å². The number of hydrogen-bond donors (Lipinski definition) is 1. The summed E-state index contributed by atoms with van der Waals surface area (Å²) in [4.78, 5) is 3.49. The molecule has 0 aliphatic rings. The first-order valence-corrected chi connectivity index (χ1v) is 10.1. The number of benzene rings is 3. The minimum absolute atomic E-state index is 0.656. The van der Waals surface area contributed by atoms with Gasteiger partial charge in [-0.15, -0.1) is 0 Å². The Morgan fingerprint density at radius 2 is 1.53 bits per heavy atom. The molecule has 1 aromatic heterocycles. The lowest BCUT2D eigenvalue weighted by atomic mass is 10.1. The Kier molecular flexibility index (Phi) is 5.77. The molecule has 4 rings (SSSR count). The molecule has 0 unspecified atom stereocenters. The van der Waals surface area contributed by atoms with Gasteiger partial charge in [-0.1, -0.05) is 15.9 Å². The third kappa shape index (κ3) is 4.04. The fourth-order valence-electron chi connectivity index (χ4n) is 3.23. The smallest absolute Gasteiger partial charge is 0.218 e. The first-order chi connectivity index (χ1) is 14.6. The van der Waals surface area contributed by atoms with Crippen molar-refractivity contribution in [2.24, 2.45) is 0 Å². The summed E-state index contributed by atoms with van der Waals surface area (Å²) in [5.41, 5.74) is 2.60. The third-order valence-corrected chi connectivity index (χ3v) is 5.26. The molecule has 0 aliphatic carbocycles. The molecule has 1 heterocycles. The molecule has 0 saturated carbocycles. The second-order valence-corrected chi connectivity index (χ2v) is 7.50. The molecule has 0 bridgehead atoms. The number of nitrogens with one attached hydrogen (secondary N) is 1. The van der Waals surface area contributed by atoms with E-state index in [9.17, 15) is 0 Å². The zero-order chi connectivity index (χ0) is 21.1. The number of fused-ring (bicyclic) bond motifs is 1. The van der Waals surface area contributed by atoms with Crippen LogP contribution in [0.2, 0.25) is 0 Å². The molecule has 0 saturated heterocycles. The third-order valence-electron chi connectivity index (χ3n) is 4.76. The van der Waals surface area contributed by atoms with Crippen molar-refractivity contribution in [1.82, 2.24) is 0 Å². The van der Waals surface area contributed by atoms with Gasteiger partial charge < -0.3 is 18.6 Å². The summed E-state index contributed by atoms with van der Waals surface area (Å²) in [5.74, 6) is 2.88. The van der Waals surface area contributed by atoms with Crippen molar-refractivity contribution in [2.75, 3.05) is 21.3 Å². The monoisotopic (exact) mass is 466 g/mol. The minimum Gasteiger partial charge on any atom is -0.497 e. The standard InChI is InChI=1S/C24H20BrNO4/c1-27-18-8-4-15(5-9-18)23-14-20(19-12-16(25)6-10-21(19)30-23)26-17-7-11-22(28-2)24(13-17)29-3/h4-14H,1-3H3/p+1. The first-order valence-electron chi connectivity index (χ1n) is 9.31. The van der Waals surface area contributed by atoms with E-state index in [-0.39, 0.29) is 0 Å². The van der Waals surface area contributed by atoms with Gasteiger partial charge in [0.1, 0.15) is 17.1 Å². The zero-order valence-electron chi connectivity index (χ0n) is 16.9. The lowest BCUT2D eigenvalue weighted by Gasteiger charge is -2.06. The predicted molar refractivity (Wildman–Crippen MR) is 119 cm³/mol. The molecule has 5 nitrogen and oxygen atoms in total. The summed E-state index contributed by atoms with van der Waals surface area (Å²) in [6.07, 6.45) is 0. The maximum Gasteiger partial charge on any atom is 0.218 e. The number of ether oxygens (including phenoxy) is 3. The lowest BCUT2D eigenvalue weighted by Crippen LogP contribution is -2.70. The largest absolute Gasteiger partial charge is 0.497 e. The highest BCUT2D eigenvalue weighted by molar-refractivity contribution is 9.10. The molecule has 6 heteroatoms. The summed E-state index contributed by atoms with van der Waals surface area (Å²) >= 11 is 3.55. The van der Waals surface area contributed by atoms with Crippen molar-refractivity contribution in [3.05, 3.63) is 76.6 Å². The fourth-order valence-corrected chi connectivity index (χ4v) is 3.59. The van der Waals surface area contributed by atoms with Gasteiger partial charge >= 0.3 is 0 Å². The van der Waals surface area contributed by atoms with Gasteiger partial charge in [-0.2, -0.15) is 0 Å². The highest BCUT2D eigenvalue weighted by Crippen LogP contribution is 2.28. The molecule has 0 radical (unpaired) electrons. The molecular formula is C24H21BrNO4+. The van der Waals surface area contributed by atoms with Crippen molar-refractivity contribution in [2.45, 2.75) is 0 Å². The van der Waals surface area contributed by atoms with Crippen LogP contribution >= 0.6 is 15.9 Å². The summed E-state index contributed by atoms with van der Waals surface area (Å²) in [6.45, 7) is 0. The molecular weight excluding hydrogens is 446 g/mol. The Balaban J connectivity index is 1.92. The van der Waals surface area contributed by atoms with Gasteiger partial charge in [-0.3, -0.25) is 0 Å². The predicted octanol–water partition coefficient (Wildman–Crippen LogP) is 4.20. The summed E-state index contributed by atoms with van der Waals surface area (Å²) < 4.78 is 23.2. The van der Waals surface area contributed by atoms with E-state index in [2.05, 4.69) is 20.9 Å². The van der Waals surface area contributed by atoms with Crippen LogP contribution in [0.5, 0.6) is 17.2 Å². The number of hydrogen-bond acceptors (Lipinski definition) is 4. The molecule has 4 aromatic rings. The van der Waals surface area contributed by atoms with E-state index in [1.54, 1.807) is 21.3 Å². The minimum atomic E-state index is 0.656. The van der Waals surface area contributed by atoms with Gasteiger partial charge in [0.05, 0.1) is 38.8 Å². The summed E-state index contributed by atoms with van der Waals surface area (Å²) in [5, 5.41) is 1.87. The maximum atomic E-state index is 6.19. The van der Waals surface area contributed by atoms with E-state index in [1.165, 1.54) is 0 Å². The van der Waals surface area contributed by atoms with Crippen molar-refractivity contribution in [3.8, 4) is 28.6 Å². The zero-order valence-corrected chi connectivity index (χ0v) is 18.4. The Bertz CT molecular complexity index is 1260. The Labute approximate surface area is 182 Å². The Morgan fingerprint density at radius 3 is 2.23 bits per heavy atom. The molecule has 3 aromatic carbocycles. The van der Waals surface area contributed by atoms with Gasteiger partial charge in [0.2, 0.25) is 11.0 Å². The van der Waals surface area contributed by atoms with Crippen molar-refractivity contribution >= 4 is 32.6 Å². The molecule has 152 valence electrons. The van der Waals surface area contributed by atoms with Gasteiger partial charge in [-0.05, 0) is 48.5 Å². The summed E-state index contributed by atoms with van der Waals surface area (Å²) in [6, 6.07) is 21.4. The quantitative estimate of drug-likeness (QED) is 0.478. The number of methoxy groups -OCH3 is 3. The molecule has 30 heavy (non-hydrogen) atoms. The second kappa shape index (κ2) is 8.63. The van der Waals surface area contributed by atoms with Crippen LogP contribution in [0.15, 0.2) is 75.6 Å². The van der Waals surface area contributed by atoms with Crippen LogP contribution in [0.3, 0.4) is 0 Å². The first kappa shape index (κ1) is 20.0. The highest BCUT2D eigenvalue weighted by atomic mass is 79.9. The van der Waals surface area contributed by atoms with Gasteiger partial charge in [0.25, 0.3) is 0 Å². The summed E-state index contributed by atoms with van der Waals surface area (Å²) in [7, 11) is 4.89. The van der Waals surface area contributed by atoms with E-state index < -0.39 is 0 Å². The number of halogens is 1. The average molecular weight is 467 g/mol. The van der Waals surface area contributed by atoms with Crippen molar-refractivity contribution < 1.29 is 23.6 Å². The molecule has 0 fully saturated rings. The van der Waals surface area contributed by atoms with E-state index in [0.717, 1.165) is 43.6 Å². The van der Waals surface area contributed by atoms with E-state index >= 15 is 0 Å².